The predicted molar refractivity (Wildman–Crippen MR) is 113 cm³/mol. The molecule has 7 nitrogen and oxygen atoms in total. The molecule has 3 rings (SSSR count). The maximum Gasteiger partial charge on any atom is 0.321 e. The van der Waals surface area contributed by atoms with Gasteiger partial charge in [-0.3, -0.25) is 9.59 Å². The third kappa shape index (κ3) is 5.88. The SMILES string of the molecule is Cc1ccc(CNC(=O)COC(=O)CNS(=O)(=O)c2ccc3ccccc3c2)cc1. The van der Waals surface area contributed by atoms with Crippen molar-refractivity contribution in [3.05, 3.63) is 77.9 Å². The molecule has 0 aliphatic rings. The van der Waals surface area contributed by atoms with E-state index < -0.39 is 35.1 Å². The molecule has 2 N–H and O–H groups in total. The van der Waals surface area contributed by atoms with E-state index in [0.717, 1.165) is 21.9 Å². The topological polar surface area (TPSA) is 102 Å². The summed E-state index contributed by atoms with van der Waals surface area (Å²) in [5.41, 5.74) is 2.04. The molecule has 3 aromatic rings. The van der Waals surface area contributed by atoms with Crippen LogP contribution >= 0.6 is 0 Å². The van der Waals surface area contributed by atoms with Gasteiger partial charge in [0.25, 0.3) is 5.91 Å². The molecular weight excluding hydrogens is 404 g/mol. The van der Waals surface area contributed by atoms with Crippen molar-refractivity contribution in [1.82, 2.24) is 10.0 Å². The lowest BCUT2D eigenvalue weighted by Gasteiger charge is -2.09. The Morgan fingerprint density at radius 1 is 0.933 bits per heavy atom. The van der Waals surface area contributed by atoms with Gasteiger partial charge in [0.2, 0.25) is 10.0 Å². The molecule has 0 saturated heterocycles. The minimum atomic E-state index is -3.89. The van der Waals surface area contributed by atoms with E-state index in [1.54, 1.807) is 12.1 Å². The molecule has 0 heterocycles. The number of rotatable bonds is 8. The molecule has 0 atom stereocenters. The molecule has 8 heteroatoms. The monoisotopic (exact) mass is 426 g/mol. The molecule has 0 aromatic heterocycles. The van der Waals surface area contributed by atoms with Crippen molar-refractivity contribution in [3.8, 4) is 0 Å². The third-order valence-electron chi connectivity index (χ3n) is 4.41. The Balaban J connectivity index is 1.45. The van der Waals surface area contributed by atoms with E-state index in [0.29, 0.717) is 6.54 Å². The quantitative estimate of drug-likeness (QED) is 0.538. The molecule has 0 fully saturated rings. The van der Waals surface area contributed by atoms with Crippen LogP contribution in [0.2, 0.25) is 0 Å². The van der Waals surface area contributed by atoms with Crippen LogP contribution in [0.1, 0.15) is 11.1 Å². The largest absolute Gasteiger partial charge is 0.455 e. The maximum atomic E-state index is 12.4. The molecular formula is C22H22N2O5S. The van der Waals surface area contributed by atoms with E-state index in [-0.39, 0.29) is 4.90 Å². The Bertz CT molecular complexity index is 1160. The lowest BCUT2D eigenvalue weighted by molar-refractivity contribution is -0.147. The van der Waals surface area contributed by atoms with Crippen LogP contribution in [0.15, 0.2) is 71.6 Å². The van der Waals surface area contributed by atoms with Crippen LogP contribution in [0.25, 0.3) is 10.8 Å². The molecule has 0 radical (unpaired) electrons. The second-order valence-corrected chi connectivity index (χ2v) is 8.52. The number of carbonyl (C=O) groups excluding carboxylic acids is 2. The zero-order valence-electron chi connectivity index (χ0n) is 16.4. The number of hydrogen-bond donors (Lipinski definition) is 2. The van der Waals surface area contributed by atoms with Crippen molar-refractivity contribution in [2.45, 2.75) is 18.4 Å². The van der Waals surface area contributed by atoms with Gasteiger partial charge in [0.05, 0.1) is 4.90 Å². The van der Waals surface area contributed by atoms with Gasteiger partial charge in [0, 0.05) is 6.54 Å². The van der Waals surface area contributed by atoms with Crippen molar-refractivity contribution in [2.24, 2.45) is 0 Å². The Morgan fingerprint density at radius 2 is 1.63 bits per heavy atom. The number of carbonyl (C=O) groups is 2. The zero-order chi connectivity index (χ0) is 21.6. The molecule has 0 aliphatic carbocycles. The summed E-state index contributed by atoms with van der Waals surface area (Å²) in [6.07, 6.45) is 0. The Kier molecular flexibility index (Phi) is 6.81. The van der Waals surface area contributed by atoms with E-state index in [1.165, 1.54) is 12.1 Å². The highest BCUT2D eigenvalue weighted by atomic mass is 32.2. The van der Waals surface area contributed by atoms with E-state index in [4.69, 9.17) is 4.74 Å². The number of benzene rings is 3. The first-order chi connectivity index (χ1) is 14.3. The molecule has 156 valence electrons. The molecule has 0 bridgehead atoms. The van der Waals surface area contributed by atoms with Gasteiger partial charge in [-0.2, -0.15) is 4.72 Å². The third-order valence-corrected chi connectivity index (χ3v) is 5.81. The van der Waals surface area contributed by atoms with Gasteiger partial charge in [-0.1, -0.05) is 60.2 Å². The summed E-state index contributed by atoms with van der Waals surface area (Å²) in [4.78, 5) is 23.7. The van der Waals surface area contributed by atoms with Crippen molar-refractivity contribution in [2.75, 3.05) is 13.2 Å². The summed E-state index contributed by atoms with van der Waals surface area (Å²) in [7, 11) is -3.89. The minimum absolute atomic E-state index is 0.0461. The van der Waals surface area contributed by atoms with Crippen LogP contribution in [0, 0.1) is 6.92 Å². The first kappa shape index (κ1) is 21.5. The second-order valence-electron chi connectivity index (χ2n) is 6.76. The van der Waals surface area contributed by atoms with Crippen LogP contribution in [-0.2, 0) is 30.9 Å². The summed E-state index contributed by atoms with van der Waals surface area (Å²) in [6.45, 7) is 1.23. The average Bonchev–Trinajstić information content (AvgIpc) is 2.75. The van der Waals surface area contributed by atoms with Crippen molar-refractivity contribution in [3.63, 3.8) is 0 Å². The van der Waals surface area contributed by atoms with Gasteiger partial charge in [0.1, 0.15) is 6.54 Å². The number of amides is 1. The summed E-state index contributed by atoms with van der Waals surface area (Å²) in [5.74, 6) is -1.31. The summed E-state index contributed by atoms with van der Waals surface area (Å²) in [5, 5.41) is 4.32. The second kappa shape index (κ2) is 9.51. The van der Waals surface area contributed by atoms with E-state index in [9.17, 15) is 18.0 Å². The van der Waals surface area contributed by atoms with Gasteiger partial charge in [-0.25, -0.2) is 8.42 Å². The van der Waals surface area contributed by atoms with Gasteiger partial charge in [0.15, 0.2) is 6.61 Å². The number of nitrogens with one attached hydrogen (secondary N) is 2. The van der Waals surface area contributed by atoms with Crippen LogP contribution in [0.3, 0.4) is 0 Å². The first-order valence-corrected chi connectivity index (χ1v) is 10.8. The fourth-order valence-electron chi connectivity index (χ4n) is 2.73. The first-order valence-electron chi connectivity index (χ1n) is 9.30. The average molecular weight is 426 g/mol. The van der Waals surface area contributed by atoms with Gasteiger partial charge in [-0.15, -0.1) is 0 Å². The molecule has 30 heavy (non-hydrogen) atoms. The Labute approximate surface area is 175 Å². The Hall–Kier alpha value is -3.23. The zero-order valence-corrected chi connectivity index (χ0v) is 17.2. The van der Waals surface area contributed by atoms with E-state index in [1.807, 2.05) is 49.4 Å². The number of aryl methyl sites for hydroxylation is 1. The number of esters is 1. The molecule has 0 saturated carbocycles. The van der Waals surface area contributed by atoms with E-state index >= 15 is 0 Å². The van der Waals surface area contributed by atoms with Crippen LogP contribution < -0.4 is 10.0 Å². The standard InChI is InChI=1S/C22H22N2O5S/c1-16-6-8-17(9-7-16)13-23-21(25)15-29-22(26)14-24-30(27,28)20-11-10-18-4-2-3-5-19(18)12-20/h2-12,24H,13-15H2,1H3,(H,23,25). The van der Waals surface area contributed by atoms with E-state index in [2.05, 4.69) is 10.0 Å². The lowest BCUT2D eigenvalue weighted by Crippen LogP contribution is -2.33. The normalized spacial score (nSPS) is 11.2. The number of ether oxygens (including phenoxy) is 1. The molecule has 1 amide bonds. The highest BCUT2D eigenvalue weighted by Crippen LogP contribution is 2.18. The minimum Gasteiger partial charge on any atom is -0.455 e. The maximum absolute atomic E-state index is 12.4. The van der Waals surface area contributed by atoms with Crippen molar-refractivity contribution in [1.29, 1.82) is 0 Å². The van der Waals surface area contributed by atoms with Crippen molar-refractivity contribution >= 4 is 32.7 Å². The highest BCUT2D eigenvalue weighted by molar-refractivity contribution is 7.89. The summed E-state index contributed by atoms with van der Waals surface area (Å²) < 4.78 is 31.8. The Morgan fingerprint density at radius 3 is 2.37 bits per heavy atom. The number of fused-ring (bicyclic) bond motifs is 1. The highest BCUT2D eigenvalue weighted by Gasteiger charge is 2.17. The fourth-order valence-corrected chi connectivity index (χ4v) is 3.73. The lowest BCUT2D eigenvalue weighted by atomic mass is 10.1. The molecule has 3 aromatic carbocycles. The fraction of sp³-hybridized carbons (Fsp3) is 0.182. The summed E-state index contributed by atoms with van der Waals surface area (Å²) in [6, 6.07) is 19.7. The summed E-state index contributed by atoms with van der Waals surface area (Å²) >= 11 is 0. The van der Waals surface area contributed by atoms with Crippen LogP contribution in [0.4, 0.5) is 0 Å². The number of sulfonamides is 1. The molecule has 0 aliphatic heterocycles. The van der Waals surface area contributed by atoms with Crippen molar-refractivity contribution < 1.29 is 22.7 Å². The van der Waals surface area contributed by atoms with Gasteiger partial charge >= 0.3 is 5.97 Å². The molecule has 0 unspecified atom stereocenters. The van der Waals surface area contributed by atoms with Crippen LogP contribution in [0.5, 0.6) is 0 Å². The smallest absolute Gasteiger partial charge is 0.321 e. The number of hydrogen-bond acceptors (Lipinski definition) is 5. The van der Waals surface area contributed by atoms with Gasteiger partial charge < -0.3 is 10.1 Å². The van der Waals surface area contributed by atoms with Gasteiger partial charge in [-0.05, 0) is 35.4 Å². The predicted octanol–water partition coefficient (Wildman–Crippen LogP) is 2.29. The van der Waals surface area contributed by atoms with Crippen LogP contribution in [-0.4, -0.2) is 33.4 Å². The molecule has 0 spiro atoms.